The largest absolute Gasteiger partial charge is 0.302 e. The molecular weight excluding hydrogens is 393 g/mol. The zero-order valence-electron chi connectivity index (χ0n) is 18.1. The van der Waals surface area contributed by atoms with E-state index in [4.69, 9.17) is 0 Å². The van der Waals surface area contributed by atoms with Crippen molar-refractivity contribution in [2.45, 2.75) is 32.4 Å². The highest BCUT2D eigenvalue weighted by Gasteiger charge is 2.23. The van der Waals surface area contributed by atoms with Crippen LogP contribution in [-0.2, 0) is 13.1 Å². The summed E-state index contributed by atoms with van der Waals surface area (Å²) in [6, 6.07) is 13.3. The SMILES string of the molecule is CN(C)Cc1nnc(CN2CCCCC2)n1-c1ccc(F)cc1C(=O)c1ccccc1. The quantitative estimate of drug-likeness (QED) is 0.545. The number of halogens is 1. The number of benzene rings is 2. The third kappa shape index (κ3) is 4.89. The fourth-order valence-corrected chi connectivity index (χ4v) is 4.07. The summed E-state index contributed by atoms with van der Waals surface area (Å²) in [6.07, 6.45) is 3.60. The molecule has 1 aliphatic heterocycles. The molecule has 31 heavy (non-hydrogen) atoms. The van der Waals surface area contributed by atoms with E-state index in [1.807, 2.05) is 41.8 Å². The van der Waals surface area contributed by atoms with Gasteiger partial charge in [-0.1, -0.05) is 36.8 Å². The van der Waals surface area contributed by atoms with Gasteiger partial charge < -0.3 is 4.90 Å². The minimum Gasteiger partial charge on any atom is -0.302 e. The number of likely N-dealkylation sites (tertiary alicyclic amines) is 1. The van der Waals surface area contributed by atoms with Crippen LogP contribution in [-0.4, -0.2) is 57.5 Å². The summed E-state index contributed by atoms with van der Waals surface area (Å²) < 4.78 is 16.2. The van der Waals surface area contributed by atoms with Gasteiger partial charge in [-0.15, -0.1) is 10.2 Å². The fraction of sp³-hybridized carbons (Fsp3) is 0.375. The maximum absolute atomic E-state index is 14.2. The minimum absolute atomic E-state index is 0.219. The lowest BCUT2D eigenvalue weighted by molar-refractivity contribution is 0.103. The van der Waals surface area contributed by atoms with E-state index in [0.717, 1.165) is 24.7 Å². The van der Waals surface area contributed by atoms with E-state index in [1.54, 1.807) is 18.2 Å². The standard InChI is InChI=1S/C24H28FN5O/c1-28(2)16-22-26-27-23(17-29-13-7-4-8-14-29)30(22)21-12-11-19(25)15-20(21)24(31)18-9-5-3-6-10-18/h3,5-6,9-12,15H,4,7-8,13-14,16-17H2,1-2H3. The van der Waals surface area contributed by atoms with Gasteiger partial charge in [0.2, 0.25) is 0 Å². The van der Waals surface area contributed by atoms with Crippen LogP contribution < -0.4 is 0 Å². The van der Waals surface area contributed by atoms with Crippen LogP contribution in [0.4, 0.5) is 4.39 Å². The molecule has 0 radical (unpaired) electrons. The van der Waals surface area contributed by atoms with Crippen molar-refractivity contribution >= 4 is 5.78 Å². The van der Waals surface area contributed by atoms with Gasteiger partial charge in [0, 0.05) is 11.1 Å². The van der Waals surface area contributed by atoms with Crippen LogP contribution in [0, 0.1) is 5.82 Å². The van der Waals surface area contributed by atoms with Crippen molar-refractivity contribution in [3.63, 3.8) is 0 Å². The lowest BCUT2D eigenvalue weighted by Crippen LogP contribution is -2.30. The molecule has 162 valence electrons. The van der Waals surface area contributed by atoms with Crippen LogP contribution in [0.5, 0.6) is 0 Å². The summed E-state index contributed by atoms with van der Waals surface area (Å²) in [5.74, 6) is 0.838. The second-order valence-corrected chi connectivity index (χ2v) is 8.30. The molecule has 6 nitrogen and oxygen atoms in total. The van der Waals surface area contributed by atoms with E-state index in [9.17, 15) is 9.18 Å². The van der Waals surface area contributed by atoms with Crippen molar-refractivity contribution in [1.82, 2.24) is 24.6 Å². The van der Waals surface area contributed by atoms with Gasteiger partial charge in [0.1, 0.15) is 5.82 Å². The van der Waals surface area contributed by atoms with Crippen LogP contribution in [0.15, 0.2) is 48.5 Å². The van der Waals surface area contributed by atoms with E-state index < -0.39 is 5.82 Å². The first kappa shape index (κ1) is 21.3. The minimum atomic E-state index is -0.442. The first-order chi connectivity index (χ1) is 15.0. The second-order valence-electron chi connectivity index (χ2n) is 8.30. The van der Waals surface area contributed by atoms with E-state index >= 15 is 0 Å². The number of piperidine rings is 1. The number of aromatic nitrogens is 3. The Morgan fingerprint density at radius 2 is 1.71 bits per heavy atom. The van der Waals surface area contributed by atoms with Gasteiger partial charge in [0.05, 0.1) is 18.8 Å². The Morgan fingerprint density at radius 1 is 1.00 bits per heavy atom. The maximum atomic E-state index is 14.2. The molecule has 0 unspecified atom stereocenters. The molecule has 0 atom stereocenters. The van der Waals surface area contributed by atoms with Crippen molar-refractivity contribution in [3.8, 4) is 5.69 Å². The number of ketones is 1. The Labute approximate surface area is 182 Å². The van der Waals surface area contributed by atoms with Gasteiger partial charge in [0.15, 0.2) is 17.4 Å². The Bertz CT molecular complexity index is 1040. The average Bonchev–Trinajstić information content (AvgIpc) is 3.15. The maximum Gasteiger partial charge on any atom is 0.195 e. The predicted octanol–water partition coefficient (Wildman–Crippen LogP) is 3.68. The highest BCUT2D eigenvalue weighted by atomic mass is 19.1. The molecular formula is C24H28FN5O. The molecule has 2 aromatic carbocycles. The summed E-state index contributed by atoms with van der Waals surface area (Å²) in [5.41, 5.74) is 1.45. The van der Waals surface area contributed by atoms with Crippen LogP contribution in [0.2, 0.25) is 0 Å². The van der Waals surface area contributed by atoms with Crippen molar-refractivity contribution in [3.05, 3.63) is 77.1 Å². The summed E-state index contributed by atoms with van der Waals surface area (Å²) >= 11 is 0. The first-order valence-corrected chi connectivity index (χ1v) is 10.7. The highest BCUT2D eigenvalue weighted by molar-refractivity contribution is 6.11. The lowest BCUT2D eigenvalue weighted by atomic mass is 10.0. The molecule has 7 heteroatoms. The molecule has 1 aliphatic rings. The van der Waals surface area contributed by atoms with Gasteiger partial charge in [-0.05, 0) is 58.2 Å². The third-order valence-corrected chi connectivity index (χ3v) is 5.55. The topological polar surface area (TPSA) is 54.3 Å². The number of carbonyl (C=O) groups excluding carboxylic acids is 1. The lowest BCUT2D eigenvalue weighted by Gasteiger charge is -2.26. The summed E-state index contributed by atoms with van der Waals surface area (Å²) in [5, 5.41) is 8.91. The Hall–Kier alpha value is -2.90. The van der Waals surface area contributed by atoms with Crippen LogP contribution in [0.3, 0.4) is 0 Å². The van der Waals surface area contributed by atoms with Crippen molar-refractivity contribution < 1.29 is 9.18 Å². The number of nitrogens with zero attached hydrogens (tertiary/aromatic N) is 5. The van der Waals surface area contributed by atoms with Crippen molar-refractivity contribution in [2.24, 2.45) is 0 Å². The van der Waals surface area contributed by atoms with E-state index in [-0.39, 0.29) is 5.78 Å². The van der Waals surface area contributed by atoms with Crippen LogP contribution in [0.25, 0.3) is 5.69 Å². The number of hydrogen-bond donors (Lipinski definition) is 0. The smallest absolute Gasteiger partial charge is 0.195 e. The Morgan fingerprint density at radius 3 is 2.42 bits per heavy atom. The molecule has 0 amide bonds. The molecule has 3 aromatic rings. The van der Waals surface area contributed by atoms with Crippen molar-refractivity contribution in [1.29, 1.82) is 0 Å². The zero-order valence-corrected chi connectivity index (χ0v) is 18.1. The number of hydrogen-bond acceptors (Lipinski definition) is 5. The molecule has 4 rings (SSSR count). The molecule has 0 N–H and O–H groups in total. The summed E-state index contributed by atoms with van der Waals surface area (Å²) in [7, 11) is 3.92. The van der Waals surface area contributed by atoms with E-state index in [2.05, 4.69) is 15.1 Å². The molecule has 2 heterocycles. The highest BCUT2D eigenvalue weighted by Crippen LogP contribution is 2.24. The molecule has 0 aliphatic carbocycles. The summed E-state index contributed by atoms with van der Waals surface area (Å²) in [4.78, 5) is 17.7. The normalized spacial score (nSPS) is 14.8. The third-order valence-electron chi connectivity index (χ3n) is 5.55. The summed E-state index contributed by atoms with van der Waals surface area (Å²) in [6.45, 7) is 3.25. The van der Waals surface area contributed by atoms with Crippen molar-refractivity contribution in [2.75, 3.05) is 27.2 Å². The zero-order chi connectivity index (χ0) is 21.8. The van der Waals surface area contributed by atoms with Gasteiger partial charge in [-0.3, -0.25) is 14.3 Å². The molecule has 0 spiro atoms. The number of carbonyl (C=O) groups is 1. The molecule has 1 aromatic heterocycles. The van der Waals surface area contributed by atoms with Gasteiger partial charge in [0.25, 0.3) is 0 Å². The number of rotatable bonds is 7. The molecule has 1 saturated heterocycles. The van der Waals surface area contributed by atoms with Crippen LogP contribution in [0.1, 0.15) is 46.8 Å². The van der Waals surface area contributed by atoms with Gasteiger partial charge >= 0.3 is 0 Å². The molecule has 0 saturated carbocycles. The Kier molecular flexibility index (Phi) is 6.53. The van der Waals surface area contributed by atoms with E-state index in [0.29, 0.717) is 29.9 Å². The average molecular weight is 422 g/mol. The fourth-order valence-electron chi connectivity index (χ4n) is 4.07. The monoisotopic (exact) mass is 421 g/mol. The molecule has 1 fully saturated rings. The predicted molar refractivity (Wildman–Crippen MR) is 118 cm³/mol. The first-order valence-electron chi connectivity index (χ1n) is 10.7. The molecule has 0 bridgehead atoms. The van der Waals surface area contributed by atoms with Crippen LogP contribution >= 0.6 is 0 Å². The van der Waals surface area contributed by atoms with E-state index in [1.165, 1.54) is 31.4 Å². The second kappa shape index (κ2) is 9.49. The Balaban J connectivity index is 1.80. The van der Waals surface area contributed by atoms with Gasteiger partial charge in [-0.2, -0.15) is 0 Å². The van der Waals surface area contributed by atoms with Gasteiger partial charge in [-0.25, -0.2) is 4.39 Å².